The lowest BCUT2D eigenvalue weighted by Gasteiger charge is -2.33. The number of benzene rings is 2. The summed E-state index contributed by atoms with van der Waals surface area (Å²) in [5, 5.41) is 3.61. The van der Waals surface area contributed by atoms with Gasteiger partial charge in [0.25, 0.3) is 0 Å². The van der Waals surface area contributed by atoms with Crippen molar-refractivity contribution < 1.29 is 18.0 Å². The molecule has 2 amide bonds. The van der Waals surface area contributed by atoms with Crippen LogP contribution in [0, 0.1) is 0 Å². The second-order valence-electron chi connectivity index (χ2n) is 8.23. The van der Waals surface area contributed by atoms with Gasteiger partial charge in [-0.2, -0.15) is 0 Å². The number of sulfonamides is 1. The van der Waals surface area contributed by atoms with E-state index in [0.29, 0.717) is 32.2 Å². The molecule has 1 N–H and O–H groups in total. The van der Waals surface area contributed by atoms with E-state index in [-0.39, 0.29) is 18.5 Å². The molecule has 0 radical (unpaired) electrons. The van der Waals surface area contributed by atoms with Crippen LogP contribution >= 0.6 is 39.1 Å². The molecule has 11 heteroatoms. The van der Waals surface area contributed by atoms with E-state index in [1.54, 1.807) is 49.4 Å². The molecule has 0 saturated heterocycles. The first-order valence-electron chi connectivity index (χ1n) is 11.1. The predicted octanol–water partition coefficient (Wildman–Crippen LogP) is 5.24. The molecule has 2 atom stereocenters. The number of halogens is 3. The van der Waals surface area contributed by atoms with E-state index >= 15 is 0 Å². The number of rotatable bonds is 11. The van der Waals surface area contributed by atoms with Crippen LogP contribution in [0.5, 0.6) is 0 Å². The van der Waals surface area contributed by atoms with Crippen LogP contribution in [0.1, 0.15) is 39.2 Å². The number of nitrogens with zero attached hydrogens (tertiary/aromatic N) is 2. The largest absolute Gasteiger partial charge is 0.352 e. The van der Waals surface area contributed by atoms with E-state index in [2.05, 4.69) is 21.2 Å². The molecule has 0 saturated carbocycles. The van der Waals surface area contributed by atoms with Crippen molar-refractivity contribution in [1.82, 2.24) is 10.2 Å². The average molecular weight is 607 g/mol. The summed E-state index contributed by atoms with van der Waals surface area (Å²) in [6, 6.07) is 10.8. The number of carbonyl (C=O) groups is 2. The summed E-state index contributed by atoms with van der Waals surface area (Å²) in [6.45, 7) is 5.21. The Bertz CT molecular complexity index is 1160. The molecule has 2 unspecified atom stereocenters. The van der Waals surface area contributed by atoms with Gasteiger partial charge in [-0.15, -0.1) is 0 Å². The Morgan fingerprint density at radius 3 is 2.26 bits per heavy atom. The van der Waals surface area contributed by atoms with Gasteiger partial charge in [0, 0.05) is 17.1 Å². The van der Waals surface area contributed by atoms with Gasteiger partial charge in [-0.05, 0) is 65.5 Å². The topological polar surface area (TPSA) is 86.8 Å². The fourth-order valence-corrected chi connectivity index (χ4v) is 5.24. The first-order chi connectivity index (χ1) is 16.4. The third-order valence-electron chi connectivity index (χ3n) is 5.52. The molecule has 2 rings (SSSR count). The van der Waals surface area contributed by atoms with Gasteiger partial charge in [-0.1, -0.05) is 55.2 Å². The van der Waals surface area contributed by atoms with Crippen LogP contribution in [0.2, 0.25) is 10.0 Å². The Labute approximate surface area is 225 Å². The number of hydrogen-bond acceptors (Lipinski definition) is 4. The molecule has 0 aliphatic rings. The summed E-state index contributed by atoms with van der Waals surface area (Å²) in [5.74, 6) is -0.828. The average Bonchev–Trinajstić information content (AvgIpc) is 2.79. The summed E-state index contributed by atoms with van der Waals surface area (Å²) in [7, 11) is -3.81. The SMILES string of the molecule is CCC(C)NC(=O)C(CC)N(Cc1ccc(Cl)c(Cl)c1)C(=O)CN(c1ccccc1Br)S(C)(=O)=O. The number of nitrogens with one attached hydrogen (secondary N) is 1. The van der Waals surface area contributed by atoms with E-state index in [9.17, 15) is 18.0 Å². The zero-order valence-corrected chi connectivity index (χ0v) is 24.0. The highest BCUT2D eigenvalue weighted by atomic mass is 79.9. The highest BCUT2D eigenvalue weighted by Crippen LogP contribution is 2.28. The molecule has 35 heavy (non-hydrogen) atoms. The minimum Gasteiger partial charge on any atom is -0.352 e. The lowest BCUT2D eigenvalue weighted by molar-refractivity contribution is -0.140. The van der Waals surface area contributed by atoms with E-state index < -0.39 is 28.5 Å². The van der Waals surface area contributed by atoms with Gasteiger partial charge < -0.3 is 10.2 Å². The zero-order chi connectivity index (χ0) is 26.3. The maximum absolute atomic E-state index is 13.7. The van der Waals surface area contributed by atoms with Crippen LogP contribution in [0.3, 0.4) is 0 Å². The van der Waals surface area contributed by atoms with Crippen molar-refractivity contribution in [1.29, 1.82) is 0 Å². The molecule has 2 aromatic carbocycles. The van der Waals surface area contributed by atoms with Gasteiger partial charge in [0.1, 0.15) is 12.6 Å². The van der Waals surface area contributed by atoms with Gasteiger partial charge in [-0.3, -0.25) is 13.9 Å². The molecular formula is C24H30BrCl2N3O4S. The Balaban J connectivity index is 2.48. The predicted molar refractivity (Wildman–Crippen MR) is 145 cm³/mol. The number of hydrogen-bond donors (Lipinski definition) is 1. The standard InChI is InChI=1S/C24H30BrCl2N3O4S/c1-5-16(3)28-24(32)21(6-2)29(14-17-11-12-19(26)20(27)13-17)23(31)15-30(35(4,33)34)22-10-8-7-9-18(22)25/h7-13,16,21H,5-6,14-15H2,1-4H3,(H,28,32). The summed E-state index contributed by atoms with van der Waals surface area (Å²) in [4.78, 5) is 28.2. The van der Waals surface area contributed by atoms with Crippen LogP contribution in [0.4, 0.5) is 5.69 Å². The number of anilines is 1. The minimum atomic E-state index is -3.81. The fourth-order valence-electron chi connectivity index (χ4n) is 3.44. The summed E-state index contributed by atoms with van der Waals surface area (Å²) >= 11 is 15.6. The van der Waals surface area contributed by atoms with Crippen LogP contribution < -0.4 is 9.62 Å². The third kappa shape index (κ3) is 8.10. The van der Waals surface area contributed by atoms with E-state index in [1.165, 1.54) is 4.90 Å². The smallest absolute Gasteiger partial charge is 0.244 e. The van der Waals surface area contributed by atoms with Crippen LogP contribution in [0.25, 0.3) is 0 Å². The molecule has 7 nitrogen and oxygen atoms in total. The Morgan fingerprint density at radius 2 is 1.71 bits per heavy atom. The molecule has 0 bridgehead atoms. The van der Waals surface area contributed by atoms with E-state index in [1.807, 2.05) is 13.8 Å². The Kier molecular flexibility index (Phi) is 10.9. The van der Waals surface area contributed by atoms with Crippen molar-refractivity contribution in [3.05, 3.63) is 62.5 Å². The molecule has 2 aromatic rings. The van der Waals surface area contributed by atoms with Gasteiger partial charge in [-0.25, -0.2) is 8.42 Å². The van der Waals surface area contributed by atoms with E-state index in [0.717, 1.165) is 17.0 Å². The zero-order valence-electron chi connectivity index (χ0n) is 20.1. The summed E-state index contributed by atoms with van der Waals surface area (Å²) in [5.41, 5.74) is 0.990. The maximum atomic E-state index is 13.7. The van der Waals surface area contributed by atoms with Gasteiger partial charge in [0.15, 0.2) is 0 Å². The second kappa shape index (κ2) is 12.9. The fraction of sp³-hybridized carbons (Fsp3) is 0.417. The molecule has 0 aliphatic heterocycles. The molecule has 0 fully saturated rings. The summed E-state index contributed by atoms with van der Waals surface area (Å²) < 4.78 is 26.9. The van der Waals surface area contributed by atoms with Crippen molar-refractivity contribution in [3.8, 4) is 0 Å². The Morgan fingerprint density at radius 1 is 1.06 bits per heavy atom. The third-order valence-corrected chi connectivity index (χ3v) is 8.06. The first-order valence-corrected chi connectivity index (χ1v) is 14.5. The molecule has 0 aliphatic carbocycles. The molecule has 0 spiro atoms. The van der Waals surface area contributed by atoms with Crippen LogP contribution in [-0.4, -0.2) is 50.0 Å². The lowest BCUT2D eigenvalue weighted by Crippen LogP contribution is -2.53. The second-order valence-corrected chi connectivity index (χ2v) is 11.8. The molecule has 0 aromatic heterocycles. The highest BCUT2D eigenvalue weighted by Gasteiger charge is 2.32. The number of amides is 2. The van der Waals surface area contributed by atoms with Crippen molar-refractivity contribution in [2.45, 2.75) is 52.2 Å². The first kappa shape index (κ1) is 29.4. The van der Waals surface area contributed by atoms with Gasteiger partial charge in [0.2, 0.25) is 21.8 Å². The normalized spacial score (nSPS) is 13.1. The Hall–Kier alpha value is -1.81. The van der Waals surface area contributed by atoms with Crippen molar-refractivity contribution in [2.24, 2.45) is 0 Å². The quantitative estimate of drug-likeness (QED) is 0.379. The minimum absolute atomic E-state index is 0.0513. The van der Waals surface area contributed by atoms with Crippen LogP contribution in [-0.2, 0) is 26.2 Å². The molecule has 192 valence electrons. The number of para-hydroxylation sites is 1. The molecular weight excluding hydrogens is 577 g/mol. The summed E-state index contributed by atoms with van der Waals surface area (Å²) in [6.07, 6.45) is 2.10. The van der Waals surface area contributed by atoms with Crippen molar-refractivity contribution in [2.75, 3.05) is 17.1 Å². The van der Waals surface area contributed by atoms with E-state index in [4.69, 9.17) is 23.2 Å². The van der Waals surface area contributed by atoms with Gasteiger partial charge in [0.05, 0.1) is 22.0 Å². The molecule has 0 heterocycles. The monoisotopic (exact) mass is 605 g/mol. The van der Waals surface area contributed by atoms with Crippen molar-refractivity contribution in [3.63, 3.8) is 0 Å². The lowest BCUT2D eigenvalue weighted by atomic mass is 10.1. The maximum Gasteiger partial charge on any atom is 0.244 e. The van der Waals surface area contributed by atoms with Crippen molar-refractivity contribution >= 4 is 66.7 Å². The highest BCUT2D eigenvalue weighted by molar-refractivity contribution is 9.10. The van der Waals surface area contributed by atoms with Crippen LogP contribution in [0.15, 0.2) is 46.9 Å². The van der Waals surface area contributed by atoms with Gasteiger partial charge >= 0.3 is 0 Å². The number of carbonyl (C=O) groups excluding carboxylic acids is 2.